The first-order valence-electron chi connectivity index (χ1n) is 4.46. The lowest BCUT2D eigenvalue weighted by Crippen LogP contribution is -2.11. The van der Waals surface area contributed by atoms with Crippen LogP contribution in [-0.4, -0.2) is 9.52 Å². The molecule has 0 atom stereocenters. The normalized spacial score (nSPS) is 10.5. The number of allylic oxidation sites excluding steroid dienone is 2. The number of hydrogen-bond donors (Lipinski definition) is 0. The van der Waals surface area contributed by atoms with E-state index in [-0.39, 0.29) is 9.52 Å². The molecule has 0 amide bonds. The first kappa shape index (κ1) is 9.27. The average molecular weight is 176 g/mol. The lowest BCUT2D eigenvalue weighted by molar-refractivity contribution is 1.36. The van der Waals surface area contributed by atoms with E-state index in [1.54, 1.807) is 5.19 Å². The molecule has 0 saturated carbocycles. The number of rotatable bonds is 3. The van der Waals surface area contributed by atoms with Crippen LogP contribution in [0.25, 0.3) is 0 Å². The van der Waals surface area contributed by atoms with Crippen LogP contribution >= 0.6 is 0 Å². The van der Waals surface area contributed by atoms with Gasteiger partial charge in [-0.1, -0.05) is 47.2 Å². The second kappa shape index (κ2) is 4.94. The Morgan fingerprint density at radius 3 is 2.50 bits per heavy atom. The van der Waals surface area contributed by atoms with Crippen molar-refractivity contribution in [3.8, 4) is 0 Å². The van der Waals surface area contributed by atoms with Crippen LogP contribution in [0.5, 0.6) is 0 Å². The molecule has 0 saturated heterocycles. The van der Waals surface area contributed by atoms with Crippen LogP contribution in [0.2, 0.25) is 6.04 Å². The van der Waals surface area contributed by atoms with Gasteiger partial charge < -0.3 is 0 Å². The lowest BCUT2D eigenvalue weighted by atomic mass is 10.3. The molecule has 1 rings (SSSR count). The largest absolute Gasteiger partial charge is 0.0887 e. The summed E-state index contributed by atoms with van der Waals surface area (Å²) >= 11 is 0. The highest BCUT2D eigenvalue weighted by Gasteiger charge is 1.89. The van der Waals surface area contributed by atoms with E-state index in [2.05, 4.69) is 50.3 Å². The van der Waals surface area contributed by atoms with Gasteiger partial charge in [0.25, 0.3) is 0 Å². The van der Waals surface area contributed by atoms with Crippen LogP contribution in [0.4, 0.5) is 0 Å². The summed E-state index contributed by atoms with van der Waals surface area (Å²) in [6.07, 6.45) is 2.35. The Kier molecular flexibility index (Phi) is 3.81. The van der Waals surface area contributed by atoms with Gasteiger partial charge in [-0.05, 0) is 19.9 Å². The summed E-state index contributed by atoms with van der Waals surface area (Å²) in [4.78, 5) is 0. The Balaban J connectivity index is 2.39. The molecular formula is C11H16Si. The van der Waals surface area contributed by atoms with Crippen LogP contribution in [-0.2, 0) is 0 Å². The van der Waals surface area contributed by atoms with Gasteiger partial charge in [-0.2, -0.15) is 0 Å². The van der Waals surface area contributed by atoms with Crippen molar-refractivity contribution in [1.29, 1.82) is 0 Å². The summed E-state index contributed by atoms with van der Waals surface area (Å²) in [5.41, 5.74) is 1.44. The summed E-state index contributed by atoms with van der Waals surface area (Å²) in [6, 6.07) is 12.1. The van der Waals surface area contributed by atoms with Crippen LogP contribution in [0, 0.1) is 0 Å². The van der Waals surface area contributed by atoms with Gasteiger partial charge in [0.1, 0.15) is 0 Å². The standard InChI is InChI=1S/C11H16Si/c1-10(2)8-9-12-11-6-4-3-5-7-11/h3-8H,9,12H2,1-2H3. The maximum absolute atomic E-state index is 2.35. The Morgan fingerprint density at radius 2 is 1.92 bits per heavy atom. The molecule has 0 N–H and O–H groups in total. The Labute approximate surface area is 77.1 Å². The minimum Gasteiger partial charge on any atom is -0.0887 e. The van der Waals surface area contributed by atoms with Gasteiger partial charge in [0.05, 0.1) is 9.52 Å². The zero-order valence-corrected chi connectivity index (χ0v) is 9.29. The predicted octanol–water partition coefficient (Wildman–Crippen LogP) is 1.87. The third-order valence-corrected chi connectivity index (χ3v) is 3.45. The molecule has 0 unspecified atom stereocenters. The SMILES string of the molecule is CC(C)=CC[SiH2]c1ccccc1. The molecule has 1 aromatic rings. The van der Waals surface area contributed by atoms with Gasteiger partial charge in [-0.25, -0.2) is 0 Å². The maximum atomic E-state index is 2.35. The molecule has 1 heteroatoms. The lowest BCUT2D eigenvalue weighted by Gasteiger charge is -1.95. The van der Waals surface area contributed by atoms with Crippen molar-refractivity contribution in [2.75, 3.05) is 0 Å². The highest BCUT2D eigenvalue weighted by molar-refractivity contribution is 6.53. The fourth-order valence-corrected chi connectivity index (χ4v) is 2.83. The summed E-state index contributed by atoms with van der Waals surface area (Å²) in [5.74, 6) is 0. The van der Waals surface area contributed by atoms with Gasteiger partial charge in [0.2, 0.25) is 0 Å². The second-order valence-electron chi connectivity index (χ2n) is 3.31. The van der Waals surface area contributed by atoms with Gasteiger partial charge in [-0.3, -0.25) is 0 Å². The third kappa shape index (κ3) is 3.53. The van der Waals surface area contributed by atoms with Crippen molar-refractivity contribution in [1.82, 2.24) is 0 Å². The van der Waals surface area contributed by atoms with Gasteiger partial charge in [0, 0.05) is 0 Å². The molecule has 0 aliphatic carbocycles. The van der Waals surface area contributed by atoms with E-state index in [0.29, 0.717) is 0 Å². The minimum absolute atomic E-state index is 0.0306. The van der Waals surface area contributed by atoms with E-state index in [0.717, 1.165) is 0 Å². The second-order valence-corrected chi connectivity index (χ2v) is 5.20. The molecule has 0 spiro atoms. The highest BCUT2D eigenvalue weighted by atomic mass is 28.2. The summed E-state index contributed by atoms with van der Waals surface area (Å²) in [7, 11) is -0.0306. The Bertz CT molecular complexity index is 245. The van der Waals surface area contributed by atoms with Crippen molar-refractivity contribution < 1.29 is 0 Å². The molecular weight excluding hydrogens is 160 g/mol. The summed E-state index contributed by atoms with van der Waals surface area (Å²) in [5, 5.41) is 1.56. The fraction of sp³-hybridized carbons (Fsp3) is 0.273. The van der Waals surface area contributed by atoms with Gasteiger partial charge >= 0.3 is 0 Å². The van der Waals surface area contributed by atoms with E-state index in [9.17, 15) is 0 Å². The van der Waals surface area contributed by atoms with E-state index < -0.39 is 0 Å². The predicted molar refractivity (Wildman–Crippen MR) is 58.9 cm³/mol. The fourth-order valence-electron chi connectivity index (χ4n) is 1.17. The molecule has 0 fully saturated rings. The molecule has 0 heterocycles. The third-order valence-electron chi connectivity index (χ3n) is 1.83. The topological polar surface area (TPSA) is 0 Å². The van der Waals surface area contributed by atoms with Crippen molar-refractivity contribution in [2.24, 2.45) is 0 Å². The number of hydrogen-bond acceptors (Lipinski definition) is 0. The van der Waals surface area contributed by atoms with Crippen molar-refractivity contribution in [3.63, 3.8) is 0 Å². The number of benzene rings is 1. The molecule has 0 aliphatic rings. The molecule has 0 aromatic heterocycles. The molecule has 0 bridgehead atoms. The van der Waals surface area contributed by atoms with Crippen molar-refractivity contribution in [3.05, 3.63) is 42.0 Å². The van der Waals surface area contributed by atoms with Crippen molar-refractivity contribution >= 4 is 14.7 Å². The van der Waals surface area contributed by atoms with Crippen LogP contribution in [0.15, 0.2) is 42.0 Å². The summed E-state index contributed by atoms with van der Waals surface area (Å²) in [6.45, 7) is 4.33. The highest BCUT2D eigenvalue weighted by Crippen LogP contribution is 1.92. The summed E-state index contributed by atoms with van der Waals surface area (Å²) < 4.78 is 0. The van der Waals surface area contributed by atoms with E-state index >= 15 is 0 Å². The van der Waals surface area contributed by atoms with Crippen molar-refractivity contribution in [2.45, 2.75) is 19.9 Å². The van der Waals surface area contributed by atoms with Crippen LogP contribution in [0.1, 0.15) is 13.8 Å². The first-order chi connectivity index (χ1) is 5.79. The molecule has 0 nitrogen and oxygen atoms in total. The molecule has 1 aromatic carbocycles. The smallest absolute Gasteiger partial charge is 0.0584 e. The van der Waals surface area contributed by atoms with E-state index in [4.69, 9.17) is 0 Å². The molecule has 12 heavy (non-hydrogen) atoms. The maximum Gasteiger partial charge on any atom is 0.0584 e. The van der Waals surface area contributed by atoms with Gasteiger partial charge in [0.15, 0.2) is 0 Å². The molecule has 64 valence electrons. The zero-order valence-electron chi connectivity index (χ0n) is 7.88. The minimum atomic E-state index is -0.0306. The quantitative estimate of drug-likeness (QED) is 0.487. The average Bonchev–Trinajstić information content (AvgIpc) is 2.05. The Hall–Kier alpha value is -0.823. The first-order valence-corrected chi connectivity index (χ1v) is 6.17. The van der Waals surface area contributed by atoms with Crippen LogP contribution in [0.3, 0.4) is 0 Å². The molecule has 0 aliphatic heterocycles. The zero-order chi connectivity index (χ0) is 8.81. The van der Waals surface area contributed by atoms with Crippen LogP contribution < -0.4 is 5.19 Å². The van der Waals surface area contributed by atoms with E-state index in [1.807, 2.05) is 0 Å². The van der Waals surface area contributed by atoms with Gasteiger partial charge in [-0.15, -0.1) is 0 Å². The van der Waals surface area contributed by atoms with E-state index in [1.165, 1.54) is 11.6 Å². The monoisotopic (exact) mass is 176 g/mol. The Morgan fingerprint density at radius 1 is 1.25 bits per heavy atom. The molecule has 0 radical (unpaired) electrons.